The van der Waals surface area contributed by atoms with E-state index in [9.17, 15) is 9.59 Å². The topological polar surface area (TPSA) is 64.0 Å². The quantitative estimate of drug-likeness (QED) is 0.868. The van der Waals surface area contributed by atoms with E-state index < -0.39 is 0 Å². The molecule has 0 spiro atoms. The molecule has 1 aliphatic carbocycles. The Morgan fingerprint density at radius 1 is 1.42 bits per heavy atom. The lowest BCUT2D eigenvalue weighted by Crippen LogP contribution is -2.39. The Labute approximate surface area is 145 Å². The molecular formula is C18H18ClN3O2. The molecule has 3 rings (SSSR count). The minimum atomic E-state index is -0.167. The Bertz CT molecular complexity index is 858. The number of amides is 1. The second kappa shape index (κ2) is 7.01. The van der Waals surface area contributed by atoms with Crippen LogP contribution in [0.3, 0.4) is 0 Å². The third-order valence-corrected chi connectivity index (χ3v) is 4.46. The van der Waals surface area contributed by atoms with E-state index >= 15 is 0 Å². The third kappa shape index (κ3) is 3.74. The zero-order valence-corrected chi connectivity index (χ0v) is 14.1. The van der Waals surface area contributed by atoms with Crippen molar-refractivity contribution in [1.82, 2.24) is 15.1 Å². The molecule has 24 heavy (non-hydrogen) atoms. The molecular weight excluding hydrogens is 326 g/mol. The Morgan fingerprint density at radius 3 is 3.00 bits per heavy atom. The number of halogens is 1. The Morgan fingerprint density at radius 2 is 2.21 bits per heavy atom. The highest BCUT2D eigenvalue weighted by Crippen LogP contribution is 2.18. The van der Waals surface area contributed by atoms with Crippen molar-refractivity contribution < 1.29 is 4.79 Å². The van der Waals surface area contributed by atoms with Crippen molar-refractivity contribution in [3.8, 4) is 0 Å². The van der Waals surface area contributed by atoms with Crippen LogP contribution in [0.2, 0.25) is 5.02 Å². The van der Waals surface area contributed by atoms with Crippen molar-refractivity contribution in [2.75, 3.05) is 0 Å². The highest BCUT2D eigenvalue weighted by atomic mass is 35.5. The summed E-state index contributed by atoms with van der Waals surface area (Å²) in [6.45, 7) is 0. The van der Waals surface area contributed by atoms with E-state index in [1.807, 2.05) is 18.2 Å². The first-order chi connectivity index (χ1) is 11.5. The lowest BCUT2D eigenvalue weighted by molar-refractivity contribution is -0.117. The van der Waals surface area contributed by atoms with Gasteiger partial charge in [-0.3, -0.25) is 9.59 Å². The third-order valence-electron chi connectivity index (χ3n) is 4.12. The Hall–Kier alpha value is -2.40. The molecule has 1 atom stereocenters. The van der Waals surface area contributed by atoms with E-state index in [2.05, 4.69) is 10.4 Å². The van der Waals surface area contributed by atoms with Gasteiger partial charge in [0, 0.05) is 30.3 Å². The van der Waals surface area contributed by atoms with E-state index in [-0.39, 0.29) is 17.5 Å². The van der Waals surface area contributed by atoms with Gasteiger partial charge in [-0.25, -0.2) is 4.68 Å². The number of carbonyl (C=O) groups is 1. The molecule has 124 valence electrons. The summed E-state index contributed by atoms with van der Waals surface area (Å²) in [7, 11) is 1.65. The van der Waals surface area contributed by atoms with E-state index in [1.54, 1.807) is 25.3 Å². The first-order valence-corrected chi connectivity index (χ1v) is 8.20. The van der Waals surface area contributed by atoms with Gasteiger partial charge in [0.15, 0.2) is 0 Å². The van der Waals surface area contributed by atoms with Crippen LogP contribution in [-0.4, -0.2) is 21.7 Å². The van der Waals surface area contributed by atoms with E-state index in [4.69, 9.17) is 11.6 Å². The van der Waals surface area contributed by atoms with Crippen molar-refractivity contribution in [3.63, 3.8) is 0 Å². The first kappa shape index (κ1) is 16.5. The summed E-state index contributed by atoms with van der Waals surface area (Å²) < 4.78 is 1.35. The van der Waals surface area contributed by atoms with E-state index in [0.717, 1.165) is 29.7 Å². The monoisotopic (exact) mass is 343 g/mol. The molecule has 0 saturated carbocycles. The van der Waals surface area contributed by atoms with Crippen LogP contribution in [0.1, 0.15) is 23.2 Å². The van der Waals surface area contributed by atoms with Crippen LogP contribution in [0, 0.1) is 0 Å². The lowest BCUT2D eigenvalue weighted by Gasteiger charge is -2.24. The number of rotatable bonds is 3. The van der Waals surface area contributed by atoms with Gasteiger partial charge in [0.2, 0.25) is 5.91 Å². The molecule has 0 fully saturated rings. The fourth-order valence-corrected chi connectivity index (χ4v) is 3.03. The molecule has 1 aromatic heterocycles. The van der Waals surface area contributed by atoms with Gasteiger partial charge in [-0.05, 0) is 42.5 Å². The molecule has 0 saturated heterocycles. The molecule has 0 bridgehead atoms. The number of fused-ring (bicyclic) bond motifs is 1. The molecule has 6 heteroatoms. The van der Waals surface area contributed by atoms with Crippen LogP contribution in [0.4, 0.5) is 0 Å². The molecule has 1 aliphatic rings. The van der Waals surface area contributed by atoms with E-state index in [1.165, 1.54) is 10.8 Å². The smallest absolute Gasteiger partial charge is 0.266 e. The van der Waals surface area contributed by atoms with Crippen LogP contribution in [0.5, 0.6) is 0 Å². The zero-order chi connectivity index (χ0) is 17.1. The van der Waals surface area contributed by atoms with Crippen molar-refractivity contribution in [2.45, 2.75) is 25.3 Å². The summed E-state index contributed by atoms with van der Waals surface area (Å²) in [5.74, 6) is -0.167. The van der Waals surface area contributed by atoms with Gasteiger partial charge in [0.25, 0.3) is 5.56 Å². The highest BCUT2D eigenvalue weighted by Gasteiger charge is 2.21. The highest BCUT2D eigenvalue weighted by molar-refractivity contribution is 6.32. The fourth-order valence-electron chi connectivity index (χ4n) is 2.83. The maximum absolute atomic E-state index is 12.1. The van der Waals surface area contributed by atoms with Crippen molar-refractivity contribution in [3.05, 3.63) is 68.6 Å². The van der Waals surface area contributed by atoms with Gasteiger partial charge < -0.3 is 5.32 Å². The van der Waals surface area contributed by atoms with Crippen LogP contribution in [0.15, 0.2) is 41.2 Å². The van der Waals surface area contributed by atoms with Crippen molar-refractivity contribution >= 4 is 23.6 Å². The molecule has 0 radical (unpaired) electrons. The summed E-state index contributed by atoms with van der Waals surface area (Å²) in [6, 6.07) is 8.97. The minimum absolute atomic E-state index is 0.00908. The van der Waals surface area contributed by atoms with Crippen LogP contribution >= 0.6 is 11.6 Å². The van der Waals surface area contributed by atoms with Gasteiger partial charge in [-0.1, -0.05) is 29.8 Å². The van der Waals surface area contributed by atoms with Gasteiger partial charge in [-0.15, -0.1) is 0 Å². The SMILES string of the molecule is Cn1nc2c(cc1=O)C[C@@H](NC(=O)/C=C/c1ccccc1Cl)CC2. The molecule has 1 N–H and O–H groups in total. The first-order valence-electron chi connectivity index (χ1n) is 7.82. The van der Waals surface area contributed by atoms with Crippen LogP contribution in [0.25, 0.3) is 6.08 Å². The molecule has 2 aromatic rings. The summed E-state index contributed by atoms with van der Waals surface area (Å²) >= 11 is 6.06. The maximum atomic E-state index is 12.1. The number of hydrogen-bond acceptors (Lipinski definition) is 3. The standard InChI is InChI=1S/C18H18ClN3O2/c1-22-18(24)11-13-10-14(7-8-16(13)21-22)20-17(23)9-6-12-4-2-3-5-15(12)19/h2-6,9,11,14H,7-8,10H2,1H3,(H,20,23)/b9-6+/t14-/m0/s1. The molecule has 1 amide bonds. The predicted octanol–water partition coefficient (Wildman–Crippen LogP) is 2.12. The Balaban J connectivity index is 1.64. The predicted molar refractivity (Wildman–Crippen MR) is 93.9 cm³/mol. The van der Waals surface area contributed by atoms with E-state index in [0.29, 0.717) is 11.4 Å². The number of carbonyl (C=O) groups excluding carboxylic acids is 1. The fraction of sp³-hybridized carbons (Fsp3) is 0.278. The van der Waals surface area contributed by atoms with Gasteiger partial charge in [-0.2, -0.15) is 5.10 Å². The molecule has 0 aliphatic heterocycles. The average molecular weight is 344 g/mol. The van der Waals surface area contributed by atoms with Crippen molar-refractivity contribution in [2.24, 2.45) is 7.05 Å². The summed E-state index contributed by atoms with van der Waals surface area (Å²) in [5.41, 5.74) is 2.54. The number of nitrogens with zero attached hydrogens (tertiary/aromatic N) is 2. The number of aryl methyl sites for hydroxylation is 2. The van der Waals surface area contributed by atoms with Crippen LogP contribution in [-0.2, 0) is 24.7 Å². The zero-order valence-electron chi connectivity index (χ0n) is 13.3. The molecule has 5 nitrogen and oxygen atoms in total. The summed E-state index contributed by atoms with van der Waals surface area (Å²) in [5, 5.41) is 7.86. The Kier molecular flexibility index (Phi) is 4.81. The van der Waals surface area contributed by atoms with Crippen molar-refractivity contribution in [1.29, 1.82) is 0 Å². The number of benzene rings is 1. The second-order valence-corrected chi connectivity index (χ2v) is 6.29. The number of aromatic nitrogens is 2. The lowest BCUT2D eigenvalue weighted by atomic mass is 9.92. The minimum Gasteiger partial charge on any atom is -0.349 e. The number of hydrogen-bond donors (Lipinski definition) is 1. The van der Waals surface area contributed by atoms with Gasteiger partial charge in [0.1, 0.15) is 0 Å². The normalized spacial score (nSPS) is 16.8. The van der Waals surface area contributed by atoms with Crippen LogP contribution < -0.4 is 10.9 Å². The summed E-state index contributed by atoms with van der Waals surface area (Å²) in [4.78, 5) is 23.8. The second-order valence-electron chi connectivity index (χ2n) is 5.88. The maximum Gasteiger partial charge on any atom is 0.266 e. The number of nitrogens with one attached hydrogen (secondary N) is 1. The van der Waals surface area contributed by atoms with Gasteiger partial charge in [0.05, 0.1) is 5.69 Å². The van der Waals surface area contributed by atoms with Gasteiger partial charge >= 0.3 is 0 Å². The largest absolute Gasteiger partial charge is 0.349 e. The molecule has 0 unspecified atom stereocenters. The molecule has 1 aromatic carbocycles. The summed E-state index contributed by atoms with van der Waals surface area (Å²) in [6.07, 6.45) is 5.38. The average Bonchev–Trinajstić information content (AvgIpc) is 2.55. The molecule has 1 heterocycles.